The number of nitrogens with two attached hydrogens (primary N) is 8. The number of nitrogens with one attached hydrogen (secondary N) is 8. The van der Waals surface area contributed by atoms with Crippen molar-refractivity contribution >= 4 is 59.2 Å². The van der Waals surface area contributed by atoms with Crippen molar-refractivity contribution in [2.24, 2.45) is 50.9 Å². The first-order chi connectivity index (χ1) is 35.3. The number of carboxylic acid groups (broad SMARTS) is 1. The van der Waals surface area contributed by atoms with Gasteiger partial charge in [0, 0.05) is 37.9 Å². The minimum absolute atomic E-state index is 0.0342. The fourth-order valence-electron chi connectivity index (χ4n) is 7.63. The topological polar surface area (TPSA) is 531 Å². The minimum atomic E-state index is -1.60. The number of carbonyl (C=O) groups excluding carboxylic acids is 8. The van der Waals surface area contributed by atoms with Gasteiger partial charge in [-0.2, -0.15) is 0 Å². The van der Waals surface area contributed by atoms with Crippen LogP contribution >= 0.6 is 0 Å². The van der Waals surface area contributed by atoms with Crippen LogP contribution in [0.15, 0.2) is 29.3 Å². The number of aliphatic imine (C=N–C) groups is 1. The number of aromatic amines is 1. The van der Waals surface area contributed by atoms with E-state index in [4.69, 9.17) is 45.9 Å². The van der Waals surface area contributed by atoms with E-state index in [9.17, 15) is 53.4 Å². The average molecular weight is 1050 g/mol. The monoisotopic (exact) mass is 1050 g/mol. The number of unbranched alkanes of at least 4 members (excludes halogenated alkanes) is 2. The first-order valence-corrected chi connectivity index (χ1v) is 24.6. The number of nitrogens with zero attached hydrogens (tertiary/aromatic N) is 3. The smallest absolute Gasteiger partial charge is 0.352 e. The third-order valence-corrected chi connectivity index (χ3v) is 11.6. The summed E-state index contributed by atoms with van der Waals surface area (Å²) < 4.78 is 0. The number of aromatic nitrogens is 2. The standard InChI is InChI=1S/C44H79N19O11/c45-14-3-1-8-26(50)36(66)62-35(33(64)21-49)41(71)59-28(13-17-48)37(67)55-23-34(65)57-29(10-5-16-47)42(72)63-19-7-12-32(63)40(70)61-31(20-25-22-53-24-56-25)39(69)58-27(9-2-4-15-46)38(68)60-30(43(73)74)11-6-18-54-44(51)52/h11,22,24,26-29,31-33,35,64H,1-10,12-21,23,45-50H2,(H,53,56)(H,55,67)(H,57,65)(H,58,69)(H,59,71)(H,60,68)(H,61,70)(H,62,66)(H,73,74)(H4,51,52,54)/b30-11-/t26-,27-,28-,29+,31-,32-,33-,35-/m0/s1. The lowest BCUT2D eigenvalue weighted by Crippen LogP contribution is -2.61. The Hall–Kier alpha value is -6.83. The fourth-order valence-corrected chi connectivity index (χ4v) is 7.63. The second-order valence-corrected chi connectivity index (χ2v) is 17.5. The van der Waals surface area contributed by atoms with Crippen LogP contribution in [0.1, 0.15) is 82.7 Å². The molecule has 0 radical (unpaired) electrons. The van der Waals surface area contributed by atoms with E-state index in [-0.39, 0.29) is 90.0 Å². The lowest BCUT2D eigenvalue weighted by molar-refractivity contribution is -0.142. The molecule has 0 saturated carbocycles. The van der Waals surface area contributed by atoms with Crippen molar-refractivity contribution in [2.75, 3.05) is 52.4 Å². The van der Waals surface area contributed by atoms with Gasteiger partial charge in [-0.25, -0.2) is 9.78 Å². The number of likely N-dealkylation sites (tertiary alicyclic amines) is 1. The van der Waals surface area contributed by atoms with Gasteiger partial charge in [-0.3, -0.25) is 43.3 Å². The molecule has 1 fully saturated rings. The Bertz CT molecular complexity index is 2040. The van der Waals surface area contributed by atoms with Gasteiger partial charge >= 0.3 is 5.97 Å². The van der Waals surface area contributed by atoms with Crippen molar-refractivity contribution in [3.05, 3.63) is 30.0 Å². The average Bonchev–Trinajstić information content (AvgIpc) is 4.09. The summed E-state index contributed by atoms with van der Waals surface area (Å²) in [6, 6.07) is -8.96. The first-order valence-electron chi connectivity index (χ1n) is 24.6. The Balaban J connectivity index is 2.24. The van der Waals surface area contributed by atoms with Crippen molar-refractivity contribution < 1.29 is 53.4 Å². The van der Waals surface area contributed by atoms with Gasteiger partial charge in [0.2, 0.25) is 47.3 Å². The number of imidazole rings is 1. The summed E-state index contributed by atoms with van der Waals surface area (Å²) in [5, 5.41) is 37.7. The predicted molar refractivity (Wildman–Crippen MR) is 270 cm³/mol. The number of hydrogen-bond donors (Lipinski definition) is 18. The normalized spacial score (nSPS) is 16.2. The molecule has 1 aliphatic heterocycles. The summed E-state index contributed by atoms with van der Waals surface area (Å²) in [7, 11) is 0. The van der Waals surface area contributed by atoms with Gasteiger partial charge in [-0.15, -0.1) is 0 Å². The molecule has 1 aliphatic rings. The van der Waals surface area contributed by atoms with E-state index >= 15 is 0 Å². The van der Waals surface area contributed by atoms with Crippen molar-refractivity contribution in [3.8, 4) is 0 Å². The first kappa shape index (κ1) is 63.3. The van der Waals surface area contributed by atoms with Crippen molar-refractivity contribution in [3.63, 3.8) is 0 Å². The maximum atomic E-state index is 14.2. The number of aliphatic carboxylic acids is 1. The minimum Gasteiger partial charge on any atom is -0.477 e. The van der Waals surface area contributed by atoms with Crippen LogP contribution in [0.25, 0.3) is 0 Å². The molecule has 1 aromatic heterocycles. The SMILES string of the molecule is NCCCC[C@H](NC(=O)[C@H](Cc1cnc[nH]1)NC(=O)[C@@H]1CCCN1C(=O)[C@@H](CCCN)NC(=O)CNC(=O)[C@H](CCN)NC(=O)[C@@H](NC(=O)[C@@H](N)CCCCN)[C@@H](O)CN)C(=O)N/C(=C\CCN=C(N)N)C(=O)O. The molecule has 2 rings (SSSR count). The molecule has 0 aromatic carbocycles. The van der Waals surface area contributed by atoms with Gasteiger partial charge in [0.1, 0.15) is 41.9 Å². The van der Waals surface area contributed by atoms with Gasteiger partial charge in [0.25, 0.3) is 0 Å². The quantitative estimate of drug-likeness (QED) is 0.0128. The zero-order chi connectivity index (χ0) is 55.2. The molecular formula is C44H79N19O11. The lowest BCUT2D eigenvalue weighted by atomic mass is 10.1. The molecule has 30 nitrogen and oxygen atoms in total. The maximum Gasteiger partial charge on any atom is 0.352 e. The van der Waals surface area contributed by atoms with Gasteiger partial charge in [-0.05, 0) is 96.8 Å². The molecule has 1 aromatic rings. The number of guanidine groups is 1. The number of rotatable bonds is 36. The molecule has 30 heteroatoms. The number of aliphatic hydroxyl groups is 1. The molecule has 8 amide bonds. The highest BCUT2D eigenvalue weighted by Crippen LogP contribution is 2.20. The van der Waals surface area contributed by atoms with E-state index in [1.807, 2.05) is 0 Å². The summed E-state index contributed by atoms with van der Waals surface area (Å²) in [6.07, 6.45) is 5.32. The van der Waals surface area contributed by atoms with Gasteiger partial charge in [0.15, 0.2) is 5.96 Å². The van der Waals surface area contributed by atoms with E-state index in [0.717, 1.165) is 0 Å². The van der Waals surface area contributed by atoms with Crippen LogP contribution in [0, 0.1) is 0 Å². The molecule has 74 heavy (non-hydrogen) atoms. The largest absolute Gasteiger partial charge is 0.477 e. The summed E-state index contributed by atoms with van der Waals surface area (Å²) in [5.74, 6) is -8.12. The molecule has 8 atom stereocenters. The van der Waals surface area contributed by atoms with E-state index < -0.39 is 120 Å². The van der Waals surface area contributed by atoms with Crippen LogP contribution in [0.4, 0.5) is 0 Å². The number of hydrogen-bond acceptors (Lipinski definition) is 18. The third kappa shape index (κ3) is 22.5. The number of amides is 8. The molecule has 26 N–H and O–H groups in total. The molecular weight excluding hydrogens is 971 g/mol. The van der Waals surface area contributed by atoms with Crippen LogP contribution in [0.5, 0.6) is 0 Å². The van der Waals surface area contributed by atoms with E-state index in [0.29, 0.717) is 44.3 Å². The second kappa shape index (κ2) is 34.6. The summed E-state index contributed by atoms with van der Waals surface area (Å²) in [4.78, 5) is 133. The predicted octanol–water partition coefficient (Wildman–Crippen LogP) is -7.78. The van der Waals surface area contributed by atoms with Crippen LogP contribution in [0.2, 0.25) is 0 Å². The number of carboxylic acids is 1. The Morgan fingerprint density at radius 3 is 2.01 bits per heavy atom. The van der Waals surface area contributed by atoms with Gasteiger partial charge in [0.05, 0.1) is 25.0 Å². The lowest BCUT2D eigenvalue weighted by Gasteiger charge is -2.30. The van der Waals surface area contributed by atoms with Crippen LogP contribution in [0.3, 0.4) is 0 Å². The molecule has 0 unspecified atom stereocenters. The Kier molecular flexibility index (Phi) is 29.6. The molecule has 1 saturated heterocycles. The molecule has 0 spiro atoms. The molecule has 0 bridgehead atoms. The van der Waals surface area contributed by atoms with Crippen LogP contribution in [-0.4, -0.2) is 185 Å². The van der Waals surface area contributed by atoms with Crippen LogP contribution < -0.4 is 83.1 Å². The van der Waals surface area contributed by atoms with Crippen LogP contribution in [-0.2, 0) is 49.6 Å². The van der Waals surface area contributed by atoms with Crippen molar-refractivity contribution in [1.82, 2.24) is 52.1 Å². The number of H-pyrrole nitrogens is 1. The van der Waals surface area contributed by atoms with E-state index in [1.165, 1.54) is 23.5 Å². The van der Waals surface area contributed by atoms with Crippen molar-refractivity contribution in [1.29, 1.82) is 0 Å². The van der Waals surface area contributed by atoms with E-state index in [1.54, 1.807) is 0 Å². The number of carbonyl (C=O) groups is 9. The molecule has 2 heterocycles. The number of aliphatic hydroxyl groups excluding tert-OH is 1. The Morgan fingerprint density at radius 2 is 1.41 bits per heavy atom. The summed E-state index contributed by atoms with van der Waals surface area (Å²) in [6.45, 7) is -0.300. The molecule has 0 aliphatic carbocycles. The summed E-state index contributed by atoms with van der Waals surface area (Å²) >= 11 is 0. The highest BCUT2D eigenvalue weighted by atomic mass is 16.4. The zero-order valence-electron chi connectivity index (χ0n) is 41.7. The highest BCUT2D eigenvalue weighted by molar-refractivity contribution is 5.99. The Morgan fingerprint density at radius 1 is 0.757 bits per heavy atom. The maximum absolute atomic E-state index is 14.2. The Labute approximate surface area is 428 Å². The zero-order valence-corrected chi connectivity index (χ0v) is 41.7. The summed E-state index contributed by atoms with van der Waals surface area (Å²) in [5.41, 5.74) is 44.8. The van der Waals surface area contributed by atoms with Gasteiger partial charge < -0.3 is 103 Å². The fraction of sp³-hybridized carbons (Fsp3) is 0.659. The third-order valence-electron chi connectivity index (χ3n) is 11.6. The van der Waals surface area contributed by atoms with E-state index in [2.05, 4.69) is 52.2 Å². The second-order valence-electron chi connectivity index (χ2n) is 17.5. The highest BCUT2D eigenvalue weighted by Gasteiger charge is 2.40. The van der Waals surface area contributed by atoms with Gasteiger partial charge in [-0.1, -0.05) is 12.5 Å². The van der Waals surface area contributed by atoms with Crippen molar-refractivity contribution in [2.45, 2.75) is 132 Å². The molecule has 416 valence electrons.